The summed E-state index contributed by atoms with van der Waals surface area (Å²) in [5.74, 6) is 0. The predicted octanol–water partition coefficient (Wildman–Crippen LogP) is 1.41. The molecule has 6 nitrogen and oxygen atoms in total. The Hall–Kier alpha value is -2.21. The zero-order valence-corrected chi connectivity index (χ0v) is 11.5. The van der Waals surface area contributed by atoms with Crippen LogP contribution in [-0.2, 0) is 13.1 Å². The summed E-state index contributed by atoms with van der Waals surface area (Å²) in [5, 5.41) is 12.0. The summed E-state index contributed by atoms with van der Waals surface area (Å²) in [7, 11) is 0. The number of nitrogens with zero attached hydrogens (tertiary/aromatic N) is 5. The molecule has 0 fully saturated rings. The van der Waals surface area contributed by atoms with Crippen molar-refractivity contribution in [1.82, 2.24) is 29.7 Å². The average molecular weight is 270 g/mol. The van der Waals surface area contributed by atoms with Gasteiger partial charge in [0, 0.05) is 49.5 Å². The summed E-state index contributed by atoms with van der Waals surface area (Å²) in [6, 6.07) is 3.92. The molecule has 0 spiro atoms. The summed E-state index contributed by atoms with van der Waals surface area (Å²) in [6.07, 6.45) is 8.77. The number of fused-ring (bicyclic) bond motifs is 1. The Bertz CT molecular complexity index is 670. The van der Waals surface area contributed by atoms with E-state index in [2.05, 4.69) is 20.5 Å². The predicted molar refractivity (Wildman–Crippen MR) is 76.3 cm³/mol. The van der Waals surface area contributed by atoms with Crippen LogP contribution in [0.1, 0.15) is 17.7 Å². The average Bonchev–Trinajstić information content (AvgIpc) is 3.06. The third-order valence-electron chi connectivity index (χ3n) is 3.12. The normalized spacial score (nSPS) is 11.2. The first-order chi connectivity index (χ1) is 9.81. The van der Waals surface area contributed by atoms with E-state index in [4.69, 9.17) is 0 Å². The van der Waals surface area contributed by atoms with Crippen molar-refractivity contribution in [2.45, 2.75) is 26.4 Å². The SMILES string of the molecule is Cc1cc2ncc(CNCCCn3cccn3)cn2n1. The fourth-order valence-electron chi connectivity index (χ4n) is 2.16. The lowest BCUT2D eigenvalue weighted by atomic mass is 10.3. The van der Waals surface area contributed by atoms with Gasteiger partial charge in [0.05, 0.1) is 5.69 Å². The fourth-order valence-corrected chi connectivity index (χ4v) is 2.16. The molecule has 6 heteroatoms. The van der Waals surface area contributed by atoms with Crippen molar-refractivity contribution in [2.75, 3.05) is 6.54 Å². The van der Waals surface area contributed by atoms with Gasteiger partial charge in [-0.3, -0.25) is 4.68 Å². The quantitative estimate of drug-likeness (QED) is 0.688. The highest BCUT2D eigenvalue weighted by Gasteiger charge is 2.00. The standard InChI is InChI=1S/C14H18N6/c1-12-8-14-16-10-13(11-20(14)18-12)9-15-4-2-6-19-7-3-5-17-19/h3,5,7-8,10-11,15H,2,4,6,9H2,1H3. The van der Waals surface area contributed by atoms with E-state index in [-0.39, 0.29) is 0 Å². The van der Waals surface area contributed by atoms with Crippen LogP contribution in [0.15, 0.2) is 36.9 Å². The largest absolute Gasteiger partial charge is 0.312 e. The number of aryl methyl sites for hydroxylation is 2. The first-order valence-electron chi connectivity index (χ1n) is 6.80. The Morgan fingerprint density at radius 2 is 2.30 bits per heavy atom. The summed E-state index contributed by atoms with van der Waals surface area (Å²) in [4.78, 5) is 4.39. The third-order valence-corrected chi connectivity index (χ3v) is 3.12. The van der Waals surface area contributed by atoms with Gasteiger partial charge in [0.25, 0.3) is 0 Å². The van der Waals surface area contributed by atoms with Crippen molar-refractivity contribution in [2.24, 2.45) is 0 Å². The topological polar surface area (TPSA) is 60.0 Å². The van der Waals surface area contributed by atoms with Gasteiger partial charge in [0.1, 0.15) is 0 Å². The van der Waals surface area contributed by atoms with E-state index in [1.807, 2.05) is 46.8 Å². The van der Waals surface area contributed by atoms with Crippen molar-refractivity contribution in [3.63, 3.8) is 0 Å². The van der Waals surface area contributed by atoms with Crippen molar-refractivity contribution >= 4 is 5.65 Å². The van der Waals surface area contributed by atoms with Crippen LogP contribution < -0.4 is 5.32 Å². The van der Waals surface area contributed by atoms with Gasteiger partial charge in [0.15, 0.2) is 5.65 Å². The van der Waals surface area contributed by atoms with Crippen LogP contribution in [0.5, 0.6) is 0 Å². The van der Waals surface area contributed by atoms with Gasteiger partial charge < -0.3 is 5.32 Å². The van der Waals surface area contributed by atoms with E-state index < -0.39 is 0 Å². The van der Waals surface area contributed by atoms with Crippen molar-refractivity contribution < 1.29 is 0 Å². The molecule has 0 radical (unpaired) electrons. The minimum atomic E-state index is 0.807. The van der Waals surface area contributed by atoms with Crippen molar-refractivity contribution in [3.8, 4) is 0 Å². The maximum absolute atomic E-state index is 4.39. The van der Waals surface area contributed by atoms with E-state index in [0.717, 1.165) is 43.0 Å². The zero-order chi connectivity index (χ0) is 13.8. The number of aromatic nitrogens is 5. The molecule has 3 aromatic rings. The van der Waals surface area contributed by atoms with Crippen LogP contribution in [0.2, 0.25) is 0 Å². The molecule has 0 atom stereocenters. The molecular weight excluding hydrogens is 252 g/mol. The maximum atomic E-state index is 4.39. The third kappa shape index (κ3) is 3.03. The second-order valence-electron chi connectivity index (χ2n) is 4.85. The molecule has 3 aromatic heterocycles. The summed E-state index contributed by atoms with van der Waals surface area (Å²) in [5.41, 5.74) is 3.02. The number of nitrogens with one attached hydrogen (secondary N) is 1. The first-order valence-corrected chi connectivity index (χ1v) is 6.80. The molecule has 20 heavy (non-hydrogen) atoms. The lowest BCUT2D eigenvalue weighted by Crippen LogP contribution is -2.17. The van der Waals surface area contributed by atoms with Crippen LogP contribution >= 0.6 is 0 Å². The Balaban J connectivity index is 1.47. The Kier molecular flexibility index (Phi) is 3.73. The molecule has 0 aliphatic carbocycles. The van der Waals surface area contributed by atoms with E-state index >= 15 is 0 Å². The number of hydrogen-bond acceptors (Lipinski definition) is 4. The van der Waals surface area contributed by atoms with Gasteiger partial charge in [0.2, 0.25) is 0 Å². The molecule has 0 unspecified atom stereocenters. The second-order valence-corrected chi connectivity index (χ2v) is 4.85. The first kappa shape index (κ1) is 12.8. The van der Waals surface area contributed by atoms with E-state index in [9.17, 15) is 0 Å². The highest BCUT2D eigenvalue weighted by molar-refractivity contribution is 5.38. The molecule has 0 bridgehead atoms. The summed E-state index contributed by atoms with van der Waals surface area (Å²) < 4.78 is 3.78. The van der Waals surface area contributed by atoms with Gasteiger partial charge in [-0.15, -0.1) is 0 Å². The van der Waals surface area contributed by atoms with Crippen LogP contribution in [-0.4, -0.2) is 30.9 Å². The Morgan fingerprint density at radius 1 is 1.35 bits per heavy atom. The molecule has 3 heterocycles. The van der Waals surface area contributed by atoms with Gasteiger partial charge >= 0.3 is 0 Å². The summed E-state index contributed by atoms with van der Waals surface area (Å²) >= 11 is 0. The van der Waals surface area contributed by atoms with Gasteiger partial charge in [-0.1, -0.05) is 0 Å². The smallest absolute Gasteiger partial charge is 0.155 e. The molecule has 0 aliphatic rings. The molecule has 0 saturated carbocycles. The van der Waals surface area contributed by atoms with E-state index in [1.54, 1.807) is 6.20 Å². The molecule has 0 aromatic carbocycles. The van der Waals surface area contributed by atoms with Crippen LogP contribution in [0.25, 0.3) is 5.65 Å². The Labute approximate surface area is 117 Å². The molecule has 0 saturated heterocycles. The van der Waals surface area contributed by atoms with Gasteiger partial charge in [-0.2, -0.15) is 10.2 Å². The van der Waals surface area contributed by atoms with Gasteiger partial charge in [-0.05, 0) is 26.0 Å². The van der Waals surface area contributed by atoms with Gasteiger partial charge in [-0.25, -0.2) is 9.50 Å². The minimum absolute atomic E-state index is 0.807. The van der Waals surface area contributed by atoms with Crippen LogP contribution in [0.4, 0.5) is 0 Å². The molecule has 0 aliphatic heterocycles. The second kappa shape index (κ2) is 5.83. The minimum Gasteiger partial charge on any atom is -0.312 e. The highest BCUT2D eigenvalue weighted by atomic mass is 15.3. The molecule has 0 amide bonds. The lowest BCUT2D eigenvalue weighted by molar-refractivity contribution is 0.542. The zero-order valence-electron chi connectivity index (χ0n) is 11.5. The fraction of sp³-hybridized carbons (Fsp3) is 0.357. The maximum Gasteiger partial charge on any atom is 0.155 e. The Morgan fingerprint density at radius 3 is 3.15 bits per heavy atom. The molecule has 104 valence electrons. The van der Waals surface area contributed by atoms with Crippen LogP contribution in [0.3, 0.4) is 0 Å². The molecular formula is C14H18N6. The highest BCUT2D eigenvalue weighted by Crippen LogP contribution is 2.04. The molecule has 3 rings (SSSR count). The molecule has 1 N–H and O–H groups in total. The lowest BCUT2D eigenvalue weighted by Gasteiger charge is -2.05. The van der Waals surface area contributed by atoms with Crippen molar-refractivity contribution in [3.05, 3.63) is 48.2 Å². The van der Waals surface area contributed by atoms with Crippen LogP contribution in [0, 0.1) is 6.92 Å². The van der Waals surface area contributed by atoms with Crippen molar-refractivity contribution in [1.29, 1.82) is 0 Å². The summed E-state index contributed by atoms with van der Waals surface area (Å²) in [6.45, 7) is 4.68. The van der Waals surface area contributed by atoms with E-state index in [0.29, 0.717) is 0 Å². The monoisotopic (exact) mass is 270 g/mol. The number of rotatable bonds is 6. The number of hydrogen-bond donors (Lipinski definition) is 1. The van der Waals surface area contributed by atoms with E-state index in [1.165, 1.54) is 0 Å².